The molecule has 3 rings (SSSR count). The van der Waals surface area contributed by atoms with Crippen molar-refractivity contribution in [2.45, 2.75) is 62.5 Å². The van der Waals surface area contributed by atoms with Gasteiger partial charge in [0, 0.05) is 12.5 Å². The molecule has 1 aromatic rings. The van der Waals surface area contributed by atoms with Gasteiger partial charge in [-0.15, -0.1) is 0 Å². The van der Waals surface area contributed by atoms with Crippen LogP contribution in [0.5, 0.6) is 0 Å². The summed E-state index contributed by atoms with van der Waals surface area (Å²) >= 11 is 0. The molecule has 0 bridgehead atoms. The van der Waals surface area contributed by atoms with Crippen LogP contribution in [0.2, 0.25) is 0 Å². The molecule has 0 radical (unpaired) electrons. The van der Waals surface area contributed by atoms with E-state index in [0.29, 0.717) is 12.4 Å². The highest BCUT2D eigenvalue weighted by Gasteiger charge is 2.61. The van der Waals surface area contributed by atoms with E-state index in [4.69, 9.17) is 4.52 Å². The minimum atomic E-state index is -4.37. The largest absolute Gasteiger partial charge is 0.404 e. The Bertz CT molecular complexity index is 472. The van der Waals surface area contributed by atoms with Crippen LogP contribution in [0.1, 0.15) is 62.6 Å². The number of hydrogen-bond donors (Lipinski definition) is 1. The van der Waals surface area contributed by atoms with Crippen LogP contribution in [0.15, 0.2) is 4.52 Å². The van der Waals surface area contributed by atoms with Gasteiger partial charge in [0.15, 0.2) is 11.2 Å². The van der Waals surface area contributed by atoms with Crippen LogP contribution in [-0.4, -0.2) is 29.4 Å². The summed E-state index contributed by atoms with van der Waals surface area (Å²) in [7, 11) is 0. The Morgan fingerprint density at radius 2 is 1.86 bits per heavy atom. The minimum Gasteiger partial charge on any atom is -0.338 e. The highest BCUT2D eigenvalue weighted by atomic mass is 19.4. The maximum absolute atomic E-state index is 13.5. The standard InChI is InChI=1S/C14H20F3N3O/c15-14(16,17)13(7-8-18-9-13)12-19-11(20-21-12)10-5-3-1-2-4-6-10/h10,18H,1-9H2. The fourth-order valence-electron chi connectivity index (χ4n) is 3.37. The van der Waals surface area contributed by atoms with E-state index < -0.39 is 11.6 Å². The van der Waals surface area contributed by atoms with E-state index in [1.807, 2.05) is 0 Å². The number of rotatable bonds is 2. The van der Waals surface area contributed by atoms with Crippen molar-refractivity contribution >= 4 is 0 Å². The van der Waals surface area contributed by atoms with Crippen molar-refractivity contribution in [1.82, 2.24) is 15.5 Å². The molecular weight excluding hydrogens is 283 g/mol. The smallest absolute Gasteiger partial charge is 0.338 e. The first-order valence-corrected chi connectivity index (χ1v) is 7.64. The summed E-state index contributed by atoms with van der Waals surface area (Å²) in [5.74, 6) is 0.339. The van der Waals surface area contributed by atoms with Gasteiger partial charge in [0.05, 0.1) is 0 Å². The van der Waals surface area contributed by atoms with Gasteiger partial charge in [0.25, 0.3) is 0 Å². The molecule has 1 aromatic heterocycles. The number of hydrogen-bond acceptors (Lipinski definition) is 4. The number of alkyl halides is 3. The summed E-state index contributed by atoms with van der Waals surface area (Å²) in [5.41, 5.74) is -2.01. The van der Waals surface area contributed by atoms with Gasteiger partial charge < -0.3 is 9.84 Å². The molecule has 1 saturated heterocycles. The monoisotopic (exact) mass is 303 g/mol. The van der Waals surface area contributed by atoms with E-state index in [1.54, 1.807) is 0 Å². The SMILES string of the molecule is FC(F)(F)C1(c2nc(C3CCCCCC3)no2)CCNC1. The molecule has 0 amide bonds. The van der Waals surface area contributed by atoms with E-state index in [2.05, 4.69) is 15.5 Å². The van der Waals surface area contributed by atoms with Crippen LogP contribution in [0, 0.1) is 0 Å². The highest BCUT2D eigenvalue weighted by Crippen LogP contribution is 2.45. The first-order chi connectivity index (χ1) is 10.0. The predicted molar refractivity (Wildman–Crippen MR) is 70.0 cm³/mol. The summed E-state index contributed by atoms with van der Waals surface area (Å²) in [5, 5.41) is 6.64. The second-order valence-electron chi connectivity index (χ2n) is 6.15. The third-order valence-corrected chi connectivity index (χ3v) is 4.77. The molecule has 0 spiro atoms. The summed E-state index contributed by atoms with van der Waals surface area (Å²) in [6, 6.07) is 0. The lowest BCUT2D eigenvalue weighted by Gasteiger charge is -2.26. The number of nitrogens with one attached hydrogen (secondary N) is 1. The molecule has 1 aliphatic heterocycles. The Balaban J connectivity index is 1.86. The maximum atomic E-state index is 13.5. The third kappa shape index (κ3) is 2.67. The van der Waals surface area contributed by atoms with Gasteiger partial charge in [0.1, 0.15) is 0 Å². The van der Waals surface area contributed by atoms with Gasteiger partial charge in [-0.25, -0.2) is 0 Å². The normalized spacial score (nSPS) is 28.7. The average Bonchev–Trinajstić information content (AvgIpc) is 3.03. The molecule has 118 valence electrons. The topological polar surface area (TPSA) is 51.0 Å². The van der Waals surface area contributed by atoms with Gasteiger partial charge in [-0.3, -0.25) is 0 Å². The van der Waals surface area contributed by atoms with E-state index in [0.717, 1.165) is 25.7 Å². The molecule has 21 heavy (non-hydrogen) atoms. The molecule has 1 atom stereocenters. The maximum Gasteiger partial charge on any atom is 0.404 e. The molecule has 2 fully saturated rings. The summed E-state index contributed by atoms with van der Waals surface area (Å²) in [6.45, 7) is 0.142. The van der Waals surface area contributed by atoms with Gasteiger partial charge in [-0.05, 0) is 25.8 Å². The molecule has 7 heteroatoms. The van der Waals surface area contributed by atoms with Crippen molar-refractivity contribution in [3.8, 4) is 0 Å². The highest BCUT2D eigenvalue weighted by molar-refractivity contribution is 5.15. The first-order valence-electron chi connectivity index (χ1n) is 7.64. The number of aromatic nitrogens is 2. The second kappa shape index (κ2) is 5.59. The van der Waals surface area contributed by atoms with Crippen LogP contribution in [0.3, 0.4) is 0 Å². The zero-order valence-corrected chi connectivity index (χ0v) is 11.9. The van der Waals surface area contributed by atoms with Gasteiger partial charge in [-0.2, -0.15) is 18.2 Å². The lowest BCUT2D eigenvalue weighted by atomic mass is 9.86. The van der Waals surface area contributed by atoms with Gasteiger partial charge >= 0.3 is 6.18 Å². The molecule has 1 saturated carbocycles. The third-order valence-electron chi connectivity index (χ3n) is 4.77. The van der Waals surface area contributed by atoms with Crippen LogP contribution < -0.4 is 5.32 Å². The van der Waals surface area contributed by atoms with Crippen molar-refractivity contribution in [1.29, 1.82) is 0 Å². The Labute approximate surface area is 121 Å². The van der Waals surface area contributed by atoms with Crippen molar-refractivity contribution < 1.29 is 17.7 Å². The van der Waals surface area contributed by atoms with Crippen molar-refractivity contribution in [3.63, 3.8) is 0 Å². The summed E-state index contributed by atoms with van der Waals surface area (Å²) < 4.78 is 45.4. The van der Waals surface area contributed by atoms with Crippen LogP contribution in [0.4, 0.5) is 13.2 Å². The van der Waals surface area contributed by atoms with Crippen LogP contribution in [0.25, 0.3) is 0 Å². The van der Waals surface area contributed by atoms with Crippen molar-refractivity contribution in [2.75, 3.05) is 13.1 Å². The quantitative estimate of drug-likeness (QED) is 0.852. The van der Waals surface area contributed by atoms with E-state index >= 15 is 0 Å². The van der Waals surface area contributed by atoms with E-state index in [-0.39, 0.29) is 24.8 Å². The Morgan fingerprint density at radius 1 is 1.14 bits per heavy atom. The lowest BCUT2D eigenvalue weighted by molar-refractivity contribution is -0.191. The minimum absolute atomic E-state index is 0.0389. The van der Waals surface area contributed by atoms with E-state index in [1.165, 1.54) is 12.8 Å². The molecular formula is C14H20F3N3O. The Kier molecular flexibility index (Phi) is 3.94. The first kappa shape index (κ1) is 14.8. The molecule has 1 N–H and O–H groups in total. The molecule has 2 aliphatic rings. The van der Waals surface area contributed by atoms with Crippen molar-refractivity contribution in [2.24, 2.45) is 0 Å². The molecule has 0 aromatic carbocycles. The van der Waals surface area contributed by atoms with Crippen molar-refractivity contribution in [3.05, 3.63) is 11.7 Å². The fourth-order valence-corrected chi connectivity index (χ4v) is 3.37. The summed E-state index contributed by atoms with van der Waals surface area (Å²) in [4.78, 5) is 4.16. The molecule has 1 unspecified atom stereocenters. The average molecular weight is 303 g/mol. The lowest BCUT2D eigenvalue weighted by Crippen LogP contribution is -2.44. The molecule has 4 nitrogen and oxygen atoms in total. The predicted octanol–water partition coefficient (Wildman–Crippen LogP) is 3.30. The van der Waals surface area contributed by atoms with Gasteiger partial charge in [-0.1, -0.05) is 30.8 Å². The van der Waals surface area contributed by atoms with Crippen LogP contribution >= 0.6 is 0 Å². The van der Waals surface area contributed by atoms with Gasteiger partial charge in [0.2, 0.25) is 5.89 Å². The Morgan fingerprint density at radius 3 is 2.43 bits per heavy atom. The fraction of sp³-hybridized carbons (Fsp3) is 0.857. The number of nitrogens with zero attached hydrogens (tertiary/aromatic N) is 2. The second-order valence-corrected chi connectivity index (χ2v) is 6.15. The van der Waals surface area contributed by atoms with E-state index in [9.17, 15) is 13.2 Å². The molecule has 1 aliphatic carbocycles. The zero-order chi connectivity index (χ0) is 14.9. The molecule has 2 heterocycles. The Hall–Kier alpha value is -1.11. The van der Waals surface area contributed by atoms with Crippen LogP contribution in [-0.2, 0) is 5.41 Å². The number of halogens is 3. The zero-order valence-electron chi connectivity index (χ0n) is 11.9. The summed E-state index contributed by atoms with van der Waals surface area (Å²) in [6.07, 6.45) is 2.00.